The Morgan fingerprint density at radius 1 is 1.11 bits per heavy atom. The first-order chi connectivity index (χ1) is 13.2. The summed E-state index contributed by atoms with van der Waals surface area (Å²) in [5.41, 5.74) is 3.43. The molecule has 0 fully saturated rings. The zero-order chi connectivity index (χ0) is 18.6. The average molecular weight is 378 g/mol. The first-order valence-electron chi connectivity index (χ1n) is 8.52. The number of thioether (sulfide) groups is 1. The lowest BCUT2D eigenvalue weighted by atomic mass is 10.1. The highest BCUT2D eigenvalue weighted by Gasteiger charge is 2.27. The zero-order valence-corrected chi connectivity index (χ0v) is 15.5. The summed E-state index contributed by atoms with van der Waals surface area (Å²) >= 11 is 1.68. The van der Waals surface area contributed by atoms with Crippen molar-refractivity contribution in [3.63, 3.8) is 0 Å². The number of amides is 1. The van der Waals surface area contributed by atoms with Crippen molar-refractivity contribution in [3.8, 4) is 11.5 Å². The van der Waals surface area contributed by atoms with Gasteiger partial charge in [0.15, 0.2) is 11.5 Å². The fourth-order valence-corrected chi connectivity index (χ4v) is 3.23. The van der Waals surface area contributed by atoms with E-state index in [2.05, 4.69) is 10.5 Å². The second-order valence-electron chi connectivity index (χ2n) is 6.07. The van der Waals surface area contributed by atoms with E-state index in [-0.39, 0.29) is 12.5 Å². The van der Waals surface area contributed by atoms with E-state index < -0.39 is 6.10 Å². The fourth-order valence-electron chi connectivity index (χ4n) is 2.82. The van der Waals surface area contributed by atoms with Crippen LogP contribution < -0.4 is 14.9 Å². The zero-order valence-electron chi connectivity index (χ0n) is 14.7. The number of nitrogens with zero attached hydrogens (tertiary/aromatic N) is 1. The van der Waals surface area contributed by atoms with E-state index in [1.165, 1.54) is 4.90 Å². The summed E-state index contributed by atoms with van der Waals surface area (Å²) < 4.78 is 11.5. The van der Waals surface area contributed by atoms with Gasteiger partial charge in [0, 0.05) is 4.90 Å². The first-order valence-corrected chi connectivity index (χ1v) is 9.74. The number of hydrazone groups is 1. The minimum absolute atomic E-state index is 0.148. The Hall–Kier alpha value is -2.99. The van der Waals surface area contributed by atoms with Gasteiger partial charge in [-0.25, -0.2) is 5.43 Å². The van der Waals surface area contributed by atoms with Gasteiger partial charge in [0.25, 0.3) is 5.91 Å². The lowest BCUT2D eigenvalue weighted by Gasteiger charge is -2.25. The smallest absolute Gasteiger partial charge is 0.284 e. The van der Waals surface area contributed by atoms with Crippen LogP contribution in [-0.2, 0) is 4.79 Å². The van der Waals surface area contributed by atoms with Crippen molar-refractivity contribution in [2.75, 3.05) is 12.9 Å². The van der Waals surface area contributed by atoms with Gasteiger partial charge in [-0.3, -0.25) is 4.79 Å². The second kappa shape index (κ2) is 7.72. The molecule has 0 spiro atoms. The highest BCUT2D eigenvalue weighted by Crippen LogP contribution is 2.35. The topological polar surface area (TPSA) is 59.9 Å². The number of ether oxygens (including phenoxy) is 2. The van der Waals surface area contributed by atoms with Crippen LogP contribution in [0.15, 0.2) is 70.7 Å². The molecule has 5 nitrogen and oxygen atoms in total. The molecular formula is C21H18N2O3S. The molecule has 0 saturated heterocycles. The predicted molar refractivity (Wildman–Crippen MR) is 108 cm³/mol. The Bertz CT molecular complexity index is 1000. The summed E-state index contributed by atoms with van der Waals surface area (Å²) in [5.74, 6) is 0.873. The molecule has 0 aromatic heterocycles. The summed E-state index contributed by atoms with van der Waals surface area (Å²) in [6, 6.07) is 19.7. The lowest BCUT2D eigenvalue weighted by Crippen LogP contribution is -2.42. The first kappa shape index (κ1) is 17.4. The molecule has 1 aliphatic rings. The van der Waals surface area contributed by atoms with Crippen LogP contribution in [-0.4, -0.2) is 31.1 Å². The molecule has 0 saturated carbocycles. The number of rotatable bonds is 4. The van der Waals surface area contributed by atoms with E-state index in [1.54, 1.807) is 18.0 Å². The molecule has 1 heterocycles. The second-order valence-corrected chi connectivity index (χ2v) is 6.95. The normalized spacial score (nSPS) is 15.8. The third kappa shape index (κ3) is 3.90. The van der Waals surface area contributed by atoms with Crippen molar-refractivity contribution in [1.82, 2.24) is 5.43 Å². The largest absolute Gasteiger partial charge is 0.485 e. The Balaban J connectivity index is 1.41. The molecule has 1 atom stereocenters. The average Bonchev–Trinajstić information content (AvgIpc) is 2.72. The molecule has 6 heteroatoms. The minimum Gasteiger partial charge on any atom is -0.485 e. The molecule has 4 rings (SSSR count). The van der Waals surface area contributed by atoms with E-state index >= 15 is 0 Å². The molecule has 136 valence electrons. The predicted octanol–water partition coefficient (Wildman–Crippen LogP) is 3.85. The van der Waals surface area contributed by atoms with Gasteiger partial charge in [-0.2, -0.15) is 5.10 Å². The maximum Gasteiger partial charge on any atom is 0.284 e. The summed E-state index contributed by atoms with van der Waals surface area (Å²) in [5, 5.41) is 6.12. The number of nitrogens with one attached hydrogen (secondary N) is 1. The highest BCUT2D eigenvalue weighted by atomic mass is 32.2. The number of carbonyl (C=O) groups excluding carboxylic acids is 1. The number of fused-ring (bicyclic) bond motifs is 2. The summed E-state index contributed by atoms with van der Waals surface area (Å²) in [6.07, 6.45) is 2.89. The van der Waals surface area contributed by atoms with Crippen molar-refractivity contribution in [3.05, 3.63) is 66.2 Å². The van der Waals surface area contributed by atoms with Gasteiger partial charge in [-0.05, 0) is 46.9 Å². The van der Waals surface area contributed by atoms with Crippen LogP contribution in [0.1, 0.15) is 5.56 Å². The molecule has 1 amide bonds. The van der Waals surface area contributed by atoms with Crippen molar-refractivity contribution >= 4 is 34.7 Å². The minimum atomic E-state index is -0.741. The quantitative estimate of drug-likeness (QED) is 0.426. The van der Waals surface area contributed by atoms with Crippen LogP contribution in [0.25, 0.3) is 10.8 Å². The van der Waals surface area contributed by atoms with Crippen LogP contribution in [0.4, 0.5) is 0 Å². The van der Waals surface area contributed by atoms with Gasteiger partial charge >= 0.3 is 0 Å². The SMILES string of the molecule is CSc1ccc(/C=N\NC(=O)C2COc3cc4ccccc4cc3O2)cc1. The maximum absolute atomic E-state index is 12.3. The third-order valence-corrected chi connectivity index (χ3v) is 5.01. The van der Waals surface area contributed by atoms with Crippen LogP contribution in [0.5, 0.6) is 11.5 Å². The standard InChI is InChI=1S/C21H18N2O3S/c1-27-17-8-6-14(7-9-17)12-22-23-21(24)20-13-25-18-10-15-4-2-3-5-16(15)11-19(18)26-20/h2-12,20H,13H2,1H3,(H,23,24)/b22-12-. The van der Waals surface area contributed by atoms with Crippen molar-refractivity contribution in [2.24, 2.45) is 5.10 Å². The summed E-state index contributed by atoms with van der Waals surface area (Å²) in [7, 11) is 0. The number of carbonyl (C=O) groups is 1. The van der Waals surface area contributed by atoms with E-state index in [9.17, 15) is 4.79 Å². The van der Waals surface area contributed by atoms with Crippen LogP contribution in [0.2, 0.25) is 0 Å². The summed E-state index contributed by atoms with van der Waals surface area (Å²) in [4.78, 5) is 13.5. The van der Waals surface area contributed by atoms with Crippen molar-refractivity contribution < 1.29 is 14.3 Å². The van der Waals surface area contributed by atoms with Crippen LogP contribution >= 0.6 is 11.8 Å². The molecule has 3 aromatic carbocycles. The van der Waals surface area contributed by atoms with Gasteiger partial charge in [0.05, 0.1) is 6.21 Å². The van der Waals surface area contributed by atoms with Crippen molar-refractivity contribution in [1.29, 1.82) is 0 Å². The van der Waals surface area contributed by atoms with Gasteiger partial charge in [-0.15, -0.1) is 11.8 Å². The van der Waals surface area contributed by atoms with Gasteiger partial charge in [-0.1, -0.05) is 36.4 Å². The molecule has 0 aliphatic carbocycles. The fraction of sp³-hybridized carbons (Fsp3) is 0.143. The van der Waals surface area contributed by atoms with E-state index in [1.807, 2.05) is 66.9 Å². The van der Waals surface area contributed by atoms with E-state index in [0.29, 0.717) is 11.5 Å². The molecule has 1 aliphatic heterocycles. The van der Waals surface area contributed by atoms with Gasteiger partial charge < -0.3 is 9.47 Å². The van der Waals surface area contributed by atoms with Gasteiger partial charge in [0.2, 0.25) is 6.10 Å². The van der Waals surface area contributed by atoms with Crippen LogP contribution in [0, 0.1) is 0 Å². The molecular weight excluding hydrogens is 360 g/mol. The third-order valence-electron chi connectivity index (χ3n) is 4.27. The number of hydrogen-bond donors (Lipinski definition) is 1. The summed E-state index contributed by atoms with van der Waals surface area (Å²) in [6.45, 7) is 0.148. The number of hydrogen-bond acceptors (Lipinski definition) is 5. The van der Waals surface area contributed by atoms with E-state index in [0.717, 1.165) is 16.3 Å². The molecule has 1 N–H and O–H groups in total. The van der Waals surface area contributed by atoms with Crippen molar-refractivity contribution in [2.45, 2.75) is 11.0 Å². The molecule has 0 bridgehead atoms. The monoisotopic (exact) mass is 378 g/mol. The molecule has 0 radical (unpaired) electrons. The Kier molecular flexibility index (Phi) is 4.98. The Morgan fingerprint density at radius 2 is 1.81 bits per heavy atom. The maximum atomic E-state index is 12.3. The van der Waals surface area contributed by atoms with Gasteiger partial charge in [0.1, 0.15) is 6.61 Å². The Morgan fingerprint density at radius 3 is 2.52 bits per heavy atom. The Labute approximate surface area is 161 Å². The molecule has 3 aromatic rings. The highest BCUT2D eigenvalue weighted by molar-refractivity contribution is 7.98. The molecule has 1 unspecified atom stereocenters. The van der Waals surface area contributed by atoms with E-state index in [4.69, 9.17) is 9.47 Å². The molecule has 27 heavy (non-hydrogen) atoms. The number of benzene rings is 3. The van der Waals surface area contributed by atoms with Crippen LogP contribution in [0.3, 0.4) is 0 Å². The lowest BCUT2D eigenvalue weighted by molar-refractivity contribution is -0.130.